The van der Waals surface area contributed by atoms with Crippen LogP contribution < -0.4 is 10.4 Å². The minimum absolute atomic E-state index is 0.268. The van der Waals surface area contributed by atoms with Gasteiger partial charge in [-0.15, -0.1) is 0 Å². The fraction of sp³-hybridized carbons (Fsp3) is 0.571. The lowest BCUT2D eigenvalue weighted by molar-refractivity contribution is 0.0274. The summed E-state index contributed by atoms with van der Waals surface area (Å²) in [5, 5.41) is 2.50. The Labute approximate surface area is 190 Å². The molecule has 2 saturated carbocycles. The van der Waals surface area contributed by atoms with Crippen molar-refractivity contribution >= 4 is 18.9 Å². The summed E-state index contributed by atoms with van der Waals surface area (Å²) in [6, 6.07) is 21.7. The smallest absolute Gasteiger partial charge is 0.385 e. The molecule has 2 aromatic rings. The highest BCUT2D eigenvalue weighted by atomic mass is 28.4. The molecule has 2 aliphatic carbocycles. The predicted octanol–water partition coefficient (Wildman–Crippen LogP) is 5.93. The average Bonchev–Trinajstić information content (AvgIpc) is 2.73. The fourth-order valence-electron chi connectivity index (χ4n) is 6.19. The third kappa shape index (κ3) is 5.50. The molecule has 0 bridgehead atoms. The molecular weight excluding hydrogens is 396 g/mol. The van der Waals surface area contributed by atoms with Crippen LogP contribution >= 0.6 is 0 Å². The van der Waals surface area contributed by atoms with E-state index in [0.29, 0.717) is 23.7 Å². The first-order valence-corrected chi connectivity index (χ1v) is 14.2. The summed E-state index contributed by atoms with van der Waals surface area (Å²) in [5.74, 6) is 2.84. The predicted molar refractivity (Wildman–Crippen MR) is 132 cm³/mol. The first-order valence-electron chi connectivity index (χ1n) is 12.4. The van der Waals surface area contributed by atoms with Crippen LogP contribution in [0.15, 0.2) is 60.7 Å². The number of benzene rings is 2. The van der Waals surface area contributed by atoms with E-state index in [1.165, 1.54) is 23.2 Å². The molecule has 168 valence electrons. The maximum absolute atomic E-state index is 7.28. The summed E-state index contributed by atoms with van der Waals surface area (Å²) >= 11 is 0. The Bertz CT molecular complexity index is 719. The van der Waals surface area contributed by atoms with E-state index in [0.717, 1.165) is 25.7 Å². The Hall–Kier alpha value is -1.42. The van der Waals surface area contributed by atoms with Gasteiger partial charge in [-0.05, 0) is 72.6 Å². The van der Waals surface area contributed by atoms with Gasteiger partial charge >= 0.3 is 8.56 Å². The fourth-order valence-corrected chi connectivity index (χ4v) is 9.71. The van der Waals surface area contributed by atoms with Crippen molar-refractivity contribution in [3.8, 4) is 0 Å². The van der Waals surface area contributed by atoms with Crippen molar-refractivity contribution in [3.63, 3.8) is 0 Å². The maximum atomic E-state index is 7.28. The highest BCUT2D eigenvalue weighted by Crippen LogP contribution is 2.35. The molecule has 2 nitrogen and oxygen atoms in total. The third-order valence-corrected chi connectivity index (χ3v) is 10.8. The molecule has 4 atom stereocenters. The molecule has 3 heteroatoms. The normalized spacial score (nSPS) is 32.0. The summed E-state index contributed by atoms with van der Waals surface area (Å²) in [6.45, 7) is 9.52. The van der Waals surface area contributed by atoms with Gasteiger partial charge in [-0.3, -0.25) is 0 Å². The van der Waals surface area contributed by atoms with Crippen molar-refractivity contribution in [1.29, 1.82) is 0 Å². The lowest BCUT2D eigenvalue weighted by Gasteiger charge is -2.43. The summed E-state index contributed by atoms with van der Waals surface area (Å²) < 4.78 is 14.6. The third-order valence-electron chi connectivity index (χ3n) is 7.24. The Balaban J connectivity index is 1.75. The molecule has 0 N–H and O–H groups in total. The molecule has 0 heterocycles. The zero-order chi connectivity index (χ0) is 21.8. The van der Waals surface area contributed by atoms with Crippen LogP contribution in [-0.4, -0.2) is 20.8 Å². The molecule has 0 radical (unpaired) electrons. The van der Waals surface area contributed by atoms with Crippen molar-refractivity contribution < 1.29 is 8.85 Å². The van der Waals surface area contributed by atoms with Gasteiger partial charge in [0.15, 0.2) is 0 Å². The molecule has 2 aliphatic rings. The monoisotopic (exact) mass is 436 g/mol. The van der Waals surface area contributed by atoms with Crippen molar-refractivity contribution in [1.82, 2.24) is 0 Å². The zero-order valence-corrected chi connectivity index (χ0v) is 20.8. The molecule has 2 fully saturated rings. The standard InChI is InChI=1S/C28H40O2Si/c1-21-15-22(2)18-25(17-21)29-31(27-11-7-5-8-12-27,28-13-9-6-10-14-28)30-26-19-23(3)16-24(4)20-26/h5-14,21-26H,15-20H2,1-4H3. The summed E-state index contributed by atoms with van der Waals surface area (Å²) in [5.41, 5.74) is 0. The van der Waals surface area contributed by atoms with E-state index in [1.54, 1.807) is 0 Å². The molecule has 4 unspecified atom stereocenters. The Morgan fingerprint density at radius 3 is 1.16 bits per heavy atom. The van der Waals surface area contributed by atoms with E-state index in [2.05, 4.69) is 88.4 Å². The van der Waals surface area contributed by atoms with E-state index in [-0.39, 0.29) is 12.2 Å². The van der Waals surface area contributed by atoms with E-state index >= 15 is 0 Å². The summed E-state index contributed by atoms with van der Waals surface area (Å²) in [4.78, 5) is 0. The van der Waals surface area contributed by atoms with Crippen LogP contribution in [0.3, 0.4) is 0 Å². The van der Waals surface area contributed by atoms with Gasteiger partial charge in [0.25, 0.3) is 0 Å². The quantitative estimate of drug-likeness (QED) is 0.523. The topological polar surface area (TPSA) is 18.5 Å². The lowest BCUT2D eigenvalue weighted by Crippen LogP contribution is -2.66. The van der Waals surface area contributed by atoms with E-state index in [1.807, 2.05) is 0 Å². The van der Waals surface area contributed by atoms with E-state index in [4.69, 9.17) is 8.85 Å². The second-order valence-corrected chi connectivity index (χ2v) is 13.5. The Morgan fingerprint density at radius 2 is 0.839 bits per heavy atom. The first-order chi connectivity index (χ1) is 14.9. The van der Waals surface area contributed by atoms with Crippen LogP contribution in [0, 0.1) is 23.7 Å². The summed E-state index contributed by atoms with van der Waals surface area (Å²) in [6.07, 6.45) is 7.71. The highest BCUT2D eigenvalue weighted by molar-refractivity contribution is 6.92. The van der Waals surface area contributed by atoms with Gasteiger partial charge in [0.2, 0.25) is 0 Å². The average molecular weight is 437 g/mol. The molecular formula is C28H40O2Si. The summed E-state index contributed by atoms with van der Waals surface area (Å²) in [7, 11) is -2.84. The van der Waals surface area contributed by atoms with Gasteiger partial charge in [0, 0.05) is 12.2 Å². The minimum atomic E-state index is -2.84. The zero-order valence-electron chi connectivity index (χ0n) is 19.8. The van der Waals surface area contributed by atoms with Gasteiger partial charge in [-0.2, -0.15) is 0 Å². The molecule has 0 aliphatic heterocycles. The second kappa shape index (κ2) is 10.0. The molecule has 4 rings (SSSR count). The van der Waals surface area contributed by atoms with Crippen molar-refractivity contribution in [2.75, 3.05) is 0 Å². The maximum Gasteiger partial charge on any atom is 0.407 e. The van der Waals surface area contributed by atoms with Gasteiger partial charge in [0.1, 0.15) is 0 Å². The van der Waals surface area contributed by atoms with Gasteiger partial charge in [-0.25, -0.2) is 0 Å². The highest BCUT2D eigenvalue weighted by Gasteiger charge is 2.48. The minimum Gasteiger partial charge on any atom is -0.385 e. The molecule has 0 spiro atoms. The van der Waals surface area contributed by atoms with Gasteiger partial charge < -0.3 is 8.85 Å². The molecule has 0 aromatic heterocycles. The van der Waals surface area contributed by atoms with Crippen LogP contribution in [0.1, 0.15) is 66.2 Å². The van der Waals surface area contributed by atoms with Gasteiger partial charge in [-0.1, -0.05) is 88.4 Å². The van der Waals surface area contributed by atoms with E-state index < -0.39 is 8.56 Å². The Kier molecular flexibility index (Phi) is 7.35. The largest absolute Gasteiger partial charge is 0.407 e. The van der Waals surface area contributed by atoms with Crippen molar-refractivity contribution in [2.45, 2.75) is 78.4 Å². The van der Waals surface area contributed by atoms with Crippen LogP contribution in [0.25, 0.3) is 0 Å². The van der Waals surface area contributed by atoms with Crippen molar-refractivity contribution in [2.24, 2.45) is 23.7 Å². The van der Waals surface area contributed by atoms with Crippen LogP contribution in [0.5, 0.6) is 0 Å². The van der Waals surface area contributed by atoms with Crippen LogP contribution in [0.2, 0.25) is 0 Å². The van der Waals surface area contributed by atoms with E-state index in [9.17, 15) is 0 Å². The number of rotatable bonds is 6. The SMILES string of the molecule is CC1CC(C)CC(O[Si](OC2CC(C)CC(C)C2)(c2ccccc2)c2ccccc2)C1. The second-order valence-electron chi connectivity index (χ2n) is 10.7. The molecule has 2 aromatic carbocycles. The molecule has 31 heavy (non-hydrogen) atoms. The molecule has 0 saturated heterocycles. The molecule has 0 amide bonds. The number of hydrogen-bond donors (Lipinski definition) is 0. The van der Waals surface area contributed by atoms with Crippen molar-refractivity contribution in [3.05, 3.63) is 60.7 Å². The number of hydrogen-bond acceptors (Lipinski definition) is 2. The van der Waals surface area contributed by atoms with Gasteiger partial charge in [0.05, 0.1) is 0 Å². The lowest BCUT2D eigenvalue weighted by atomic mass is 9.82. The Morgan fingerprint density at radius 1 is 0.516 bits per heavy atom. The van der Waals surface area contributed by atoms with Crippen LogP contribution in [-0.2, 0) is 8.85 Å². The first kappa shape index (κ1) is 22.8. The van der Waals surface area contributed by atoms with Crippen LogP contribution in [0.4, 0.5) is 0 Å².